The summed E-state index contributed by atoms with van der Waals surface area (Å²) in [4.78, 5) is 32.6. The monoisotopic (exact) mass is 506 g/mol. The summed E-state index contributed by atoms with van der Waals surface area (Å²) in [5, 5.41) is 5.93. The second-order valence-corrected chi connectivity index (χ2v) is 9.26. The number of hydrogen-bond acceptors (Lipinski definition) is 5. The zero-order chi connectivity index (χ0) is 26.2. The van der Waals surface area contributed by atoms with Crippen molar-refractivity contribution >= 4 is 28.9 Å². The zero-order valence-corrected chi connectivity index (χ0v) is 21.0. The highest BCUT2D eigenvalue weighted by Crippen LogP contribution is 2.26. The van der Waals surface area contributed by atoms with Crippen LogP contribution in [0.1, 0.15) is 28.8 Å². The molecule has 0 spiro atoms. The lowest BCUT2D eigenvalue weighted by Gasteiger charge is -2.33. The van der Waals surface area contributed by atoms with Crippen LogP contribution in [0.15, 0.2) is 103 Å². The third-order valence-corrected chi connectivity index (χ3v) is 6.66. The van der Waals surface area contributed by atoms with Gasteiger partial charge in [-0.05, 0) is 54.8 Å². The number of piperidine rings is 1. The Balaban J connectivity index is 1.19. The third kappa shape index (κ3) is 6.37. The summed E-state index contributed by atoms with van der Waals surface area (Å²) in [5.74, 6) is 0.193. The van der Waals surface area contributed by atoms with Crippen molar-refractivity contribution in [1.29, 1.82) is 0 Å². The first-order chi connectivity index (χ1) is 18.7. The quantitative estimate of drug-likeness (QED) is 0.317. The maximum Gasteiger partial charge on any atom is 0.257 e. The molecule has 0 bridgehead atoms. The number of aromatic nitrogens is 1. The Labute approximate surface area is 222 Å². The topological polar surface area (TPSA) is 83.6 Å². The second-order valence-electron chi connectivity index (χ2n) is 9.26. The van der Waals surface area contributed by atoms with E-state index in [1.807, 2.05) is 66.7 Å². The molecule has 1 aliphatic heterocycles. The van der Waals surface area contributed by atoms with E-state index in [9.17, 15) is 9.59 Å². The van der Waals surface area contributed by atoms with Gasteiger partial charge in [-0.15, -0.1) is 0 Å². The van der Waals surface area contributed by atoms with Crippen LogP contribution in [0.5, 0.6) is 5.75 Å². The lowest BCUT2D eigenvalue weighted by Crippen LogP contribution is -2.38. The van der Waals surface area contributed by atoms with Gasteiger partial charge in [-0.2, -0.15) is 0 Å². The first-order valence-electron chi connectivity index (χ1n) is 12.8. The molecule has 0 saturated carbocycles. The third-order valence-electron chi connectivity index (χ3n) is 6.66. The summed E-state index contributed by atoms with van der Waals surface area (Å²) >= 11 is 0. The molecule has 7 heteroatoms. The maximum atomic E-state index is 13.2. The Morgan fingerprint density at radius 3 is 2.37 bits per heavy atom. The molecule has 5 rings (SSSR count). The Kier molecular flexibility index (Phi) is 7.94. The van der Waals surface area contributed by atoms with E-state index in [1.54, 1.807) is 36.7 Å². The normalized spacial score (nSPS) is 13.5. The van der Waals surface area contributed by atoms with Crippen molar-refractivity contribution in [3.8, 4) is 5.75 Å². The number of pyridine rings is 1. The first kappa shape index (κ1) is 25.0. The summed E-state index contributed by atoms with van der Waals surface area (Å²) in [6, 6.07) is 28.3. The molecule has 2 heterocycles. The van der Waals surface area contributed by atoms with Crippen molar-refractivity contribution in [2.45, 2.75) is 19.4 Å². The number of carbonyl (C=O) groups is 2. The van der Waals surface area contributed by atoms with Gasteiger partial charge >= 0.3 is 0 Å². The van der Waals surface area contributed by atoms with Crippen LogP contribution >= 0.6 is 0 Å². The van der Waals surface area contributed by atoms with Gasteiger partial charge in [0.15, 0.2) is 0 Å². The zero-order valence-electron chi connectivity index (χ0n) is 21.0. The van der Waals surface area contributed by atoms with Crippen LogP contribution < -0.4 is 20.3 Å². The minimum atomic E-state index is -0.298. The number of hydrogen-bond donors (Lipinski definition) is 2. The highest BCUT2D eigenvalue weighted by atomic mass is 16.5. The van der Waals surface area contributed by atoms with Gasteiger partial charge in [-0.25, -0.2) is 0 Å². The van der Waals surface area contributed by atoms with E-state index < -0.39 is 0 Å². The molecule has 1 aromatic heterocycles. The molecule has 0 aliphatic carbocycles. The molecule has 3 aromatic carbocycles. The van der Waals surface area contributed by atoms with Gasteiger partial charge in [0.1, 0.15) is 12.4 Å². The average Bonchev–Trinajstić information content (AvgIpc) is 2.97. The van der Waals surface area contributed by atoms with Crippen molar-refractivity contribution in [2.24, 2.45) is 5.92 Å². The standard InChI is InChI=1S/C31H30N4O3/c36-30(24-15-19-35(20-16-24)26-13-17-32-18-14-26)34-29-12-5-4-11-28(29)31(37)33-25-9-6-10-27(21-25)38-22-23-7-2-1-3-8-23/h1-14,17-18,21,24H,15-16,19-20,22H2,(H,33,37)(H,34,36). The number of anilines is 3. The maximum absolute atomic E-state index is 13.2. The van der Waals surface area contributed by atoms with Gasteiger partial charge in [0.05, 0.1) is 11.3 Å². The van der Waals surface area contributed by atoms with E-state index in [-0.39, 0.29) is 17.7 Å². The fourth-order valence-electron chi connectivity index (χ4n) is 4.58. The van der Waals surface area contributed by atoms with Crippen LogP contribution in [0.2, 0.25) is 0 Å². The van der Waals surface area contributed by atoms with E-state index >= 15 is 0 Å². The molecule has 1 aliphatic rings. The van der Waals surface area contributed by atoms with Crippen molar-refractivity contribution < 1.29 is 14.3 Å². The van der Waals surface area contributed by atoms with Gasteiger partial charge in [-0.1, -0.05) is 48.5 Å². The average molecular weight is 507 g/mol. The fraction of sp³-hybridized carbons (Fsp3) is 0.194. The molecule has 4 aromatic rings. The SMILES string of the molecule is O=C(Nc1cccc(OCc2ccccc2)c1)c1ccccc1NC(=O)C1CCN(c2ccncc2)CC1. The smallest absolute Gasteiger partial charge is 0.257 e. The van der Waals surface area contributed by atoms with E-state index in [2.05, 4.69) is 20.5 Å². The minimum absolute atomic E-state index is 0.0593. The molecular formula is C31H30N4O3. The first-order valence-corrected chi connectivity index (χ1v) is 12.8. The molecule has 0 unspecified atom stereocenters. The lowest BCUT2D eigenvalue weighted by molar-refractivity contribution is -0.120. The highest BCUT2D eigenvalue weighted by Gasteiger charge is 2.26. The van der Waals surface area contributed by atoms with Crippen LogP contribution in [0.25, 0.3) is 0 Å². The van der Waals surface area contributed by atoms with Crippen molar-refractivity contribution in [2.75, 3.05) is 28.6 Å². The van der Waals surface area contributed by atoms with Gasteiger partial charge in [0.2, 0.25) is 5.91 Å². The molecule has 2 N–H and O–H groups in total. The molecular weight excluding hydrogens is 476 g/mol. The van der Waals surface area contributed by atoms with Gasteiger partial charge in [0, 0.05) is 48.8 Å². The predicted molar refractivity (Wildman–Crippen MR) is 149 cm³/mol. The molecule has 38 heavy (non-hydrogen) atoms. The summed E-state index contributed by atoms with van der Waals surface area (Å²) in [5.41, 5.74) is 3.71. The molecule has 1 saturated heterocycles. The van der Waals surface area contributed by atoms with Crippen molar-refractivity contribution in [1.82, 2.24) is 4.98 Å². The number of ether oxygens (including phenoxy) is 1. The van der Waals surface area contributed by atoms with E-state index in [0.717, 1.165) is 37.2 Å². The van der Waals surface area contributed by atoms with Gasteiger partial charge in [0.25, 0.3) is 5.91 Å². The number of para-hydroxylation sites is 1. The largest absolute Gasteiger partial charge is 0.489 e. The minimum Gasteiger partial charge on any atom is -0.489 e. The number of benzene rings is 3. The van der Waals surface area contributed by atoms with Crippen molar-refractivity contribution in [3.05, 3.63) is 115 Å². The Morgan fingerprint density at radius 1 is 0.842 bits per heavy atom. The van der Waals surface area contributed by atoms with Crippen LogP contribution in [-0.2, 0) is 11.4 Å². The van der Waals surface area contributed by atoms with E-state index in [1.165, 1.54) is 0 Å². The molecule has 0 radical (unpaired) electrons. The van der Waals surface area contributed by atoms with Gasteiger partial charge in [-0.3, -0.25) is 14.6 Å². The molecule has 2 amide bonds. The number of carbonyl (C=O) groups excluding carboxylic acids is 2. The highest BCUT2D eigenvalue weighted by molar-refractivity contribution is 6.10. The van der Waals surface area contributed by atoms with E-state index in [0.29, 0.717) is 29.3 Å². The lowest BCUT2D eigenvalue weighted by atomic mass is 9.95. The molecule has 0 atom stereocenters. The Hall–Kier alpha value is -4.65. The number of nitrogens with zero attached hydrogens (tertiary/aromatic N) is 2. The summed E-state index contributed by atoms with van der Waals surface area (Å²) < 4.78 is 5.88. The summed E-state index contributed by atoms with van der Waals surface area (Å²) in [6.45, 7) is 2.04. The molecule has 192 valence electrons. The van der Waals surface area contributed by atoms with Crippen LogP contribution in [0.3, 0.4) is 0 Å². The van der Waals surface area contributed by atoms with Crippen LogP contribution in [0.4, 0.5) is 17.1 Å². The predicted octanol–water partition coefficient (Wildman–Crippen LogP) is 5.77. The number of nitrogens with one attached hydrogen (secondary N) is 2. The van der Waals surface area contributed by atoms with Crippen molar-refractivity contribution in [3.63, 3.8) is 0 Å². The summed E-state index contributed by atoms with van der Waals surface area (Å²) in [6.07, 6.45) is 5.06. The second kappa shape index (κ2) is 12.1. The molecule has 7 nitrogen and oxygen atoms in total. The summed E-state index contributed by atoms with van der Waals surface area (Å²) in [7, 11) is 0. The van der Waals surface area contributed by atoms with Gasteiger partial charge < -0.3 is 20.3 Å². The Bertz CT molecular complexity index is 1370. The van der Waals surface area contributed by atoms with Crippen LogP contribution in [0, 0.1) is 5.92 Å². The fourth-order valence-corrected chi connectivity index (χ4v) is 4.58. The number of rotatable bonds is 8. The Morgan fingerprint density at radius 2 is 1.58 bits per heavy atom. The van der Waals surface area contributed by atoms with Crippen LogP contribution in [-0.4, -0.2) is 29.9 Å². The molecule has 1 fully saturated rings. The number of amides is 2. The van der Waals surface area contributed by atoms with E-state index in [4.69, 9.17) is 4.74 Å².